The number of aromatic amines is 1. The van der Waals surface area contributed by atoms with Crippen LogP contribution in [0.3, 0.4) is 0 Å². The van der Waals surface area contributed by atoms with Crippen LogP contribution in [-0.4, -0.2) is 43.5 Å². The molecular weight excluding hydrogens is 278 g/mol. The van der Waals surface area contributed by atoms with Crippen molar-refractivity contribution in [2.24, 2.45) is 0 Å². The lowest BCUT2D eigenvalue weighted by atomic mass is 10.4. The van der Waals surface area contributed by atoms with Gasteiger partial charge in [0, 0.05) is 38.7 Å². The van der Waals surface area contributed by atoms with Gasteiger partial charge in [-0.15, -0.1) is 0 Å². The molecule has 0 bridgehead atoms. The fourth-order valence-electron chi connectivity index (χ4n) is 1.68. The van der Waals surface area contributed by atoms with Crippen LogP contribution in [0, 0.1) is 0 Å². The lowest BCUT2D eigenvalue weighted by molar-refractivity contribution is 0.571. The largest absolute Gasteiger partial charge is 0.360 e. The zero-order valence-corrected chi connectivity index (χ0v) is 12.0. The monoisotopic (exact) mass is 295 g/mol. The number of H-pyrrole nitrogens is 1. The van der Waals surface area contributed by atoms with Gasteiger partial charge in [-0.05, 0) is 18.6 Å². The van der Waals surface area contributed by atoms with Crippen LogP contribution in [0.1, 0.15) is 6.42 Å². The van der Waals surface area contributed by atoms with E-state index >= 15 is 0 Å². The second kappa shape index (κ2) is 6.49. The Morgan fingerprint density at radius 1 is 1.30 bits per heavy atom. The molecule has 0 aliphatic carbocycles. The number of pyridine rings is 1. The average molecular weight is 295 g/mol. The number of sulfonamides is 1. The third-order valence-corrected chi connectivity index (χ3v) is 4.05. The Hall–Kier alpha value is -1.93. The Balaban J connectivity index is 1.77. The van der Waals surface area contributed by atoms with Gasteiger partial charge in [-0.1, -0.05) is 6.07 Å². The molecule has 0 aliphatic rings. The molecule has 0 aliphatic heterocycles. The number of rotatable bonds is 7. The fraction of sp³-hybridized carbons (Fsp3) is 0.333. The molecule has 0 amide bonds. The number of nitrogens with one attached hydrogen (secondary N) is 2. The second-order valence-corrected chi connectivity index (χ2v) is 5.94. The predicted octanol–water partition coefficient (Wildman–Crippen LogP) is 0.609. The van der Waals surface area contributed by atoms with Gasteiger partial charge in [0.15, 0.2) is 0 Å². The maximum atomic E-state index is 11.8. The molecule has 0 saturated carbocycles. The highest BCUT2D eigenvalue weighted by Crippen LogP contribution is 2.06. The van der Waals surface area contributed by atoms with Crippen molar-refractivity contribution in [2.45, 2.75) is 11.6 Å². The summed E-state index contributed by atoms with van der Waals surface area (Å²) in [6, 6.07) is 5.68. The summed E-state index contributed by atoms with van der Waals surface area (Å²) in [5.74, 6) is 0.862. The molecule has 0 saturated heterocycles. The van der Waals surface area contributed by atoms with Gasteiger partial charge in [-0.25, -0.2) is 23.1 Å². The smallest absolute Gasteiger partial charge is 0.274 e. The highest BCUT2D eigenvalue weighted by Gasteiger charge is 2.15. The van der Waals surface area contributed by atoms with Crippen LogP contribution in [0.5, 0.6) is 0 Å². The van der Waals surface area contributed by atoms with Crippen molar-refractivity contribution in [1.29, 1.82) is 0 Å². The summed E-state index contributed by atoms with van der Waals surface area (Å²) >= 11 is 0. The van der Waals surface area contributed by atoms with Crippen LogP contribution in [0.25, 0.3) is 0 Å². The first kappa shape index (κ1) is 14.5. The van der Waals surface area contributed by atoms with E-state index in [1.807, 2.05) is 30.1 Å². The maximum Gasteiger partial charge on any atom is 0.274 e. The van der Waals surface area contributed by atoms with E-state index in [1.165, 1.54) is 12.4 Å². The van der Waals surface area contributed by atoms with Gasteiger partial charge in [-0.3, -0.25) is 0 Å². The van der Waals surface area contributed by atoms with Crippen LogP contribution in [0.2, 0.25) is 0 Å². The number of nitrogens with zero attached hydrogens (tertiary/aromatic N) is 3. The average Bonchev–Trinajstić information content (AvgIpc) is 2.99. The van der Waals surface area contributed by atoms with Crippen LogP contribution in [-0.2, 0) is 10.0 Å². The van der Waals surface area contributed by atoms with Gasteiger partial charge in [-0.2, -0.15) is 0 Å². The van der Waals surface area contributed by atoms with E-state index in [0.29, 0.717) is 19.5 Å². The molecule has 0 fully saturated rings. The molecule has 20 heavy (non-hydrogen) atoms. The Morgan fingerprint density at radius 3 is 2.80 bits per heavy atom. The van der Waals surface area contributed by atoms with Gasteiger partial charge in [0.25, 0.3) is 10.0 Å². The highest BCUT2D eigenvalue weighted by molar-refractivity contribution is 7.89. The van der Waals surface area contributed by atoms with E-state index in [0.717, 1.165) is 5.82 Å². The quantitative estimate of drug-likeness (QED) is 0.730. The predicted molar refractivity (Wildman–Crippen MR) is 75.9 cm³/mol. The topological polar surface area (TPSA) is 91.0 Å². The molecular formula is C12H17N5O2S. The van der Waals surface area contributed by atoms with Crippen molar-refractivity contribution < 1.29 is 8.42 Å². The van der Waals surface area contributed by atoms with E-state index < -0.39 is 10.0 Å². The number of hydrogen-bond donors (Lipinski definition) is 2. The van der Waals surface area contributed by atoms with Gasteiger partial charge < -0.3 is 9.88 Å². The van der Waals surface area contributed by atoms with Gasteiger partial charge in [0.1, 0.15) is 5.82 Å². The first-order valence-electron chi connectivity index (χ1n) is 6.21. The van der Waals surface area contributed by atoms with E-state index in [2.05, 4.69) is 19.7 Å². The Kier molecular flexibility index (Phi) is 4.70. The van der Waals surface area contributed by atoms with Crippen molar-refractivity contribution in [2.75, 3.05) is 25.0 Å². The Labute approximate surface area is 118 Å². The zero-order valence-electron chi connectivity index (χ0n) is 11.2. The minimum absolute atomic E-state index is 0.0596. The van der Waals surface area contributed by atoms with Crippen LogP contribution >= 0.6 is 0 Å². The molecule has 2 heterocycles. The summed E-state index contributed by atoms with van der Waals surface area (Å²) in [5.41, 5.74) is 0. The molecule has 2 rings (SSSR count). The SMILES string of the molecule is CN(CCCNS(=O)(=O)c1ncc[nH]1)c1ccccn1. The Morgan fingerprint density at radius 2 is 2.15 bits per heavy atom. The van der Waals surface area contributed by atoms with E-state index in [1.54, 1.807) is 6.20 Å². The van der Waals surface area contributed by atoms with E-state index in [9.17, 15) is 8.42 Å². The third-order valence-electron chi connectivity index (χ3n) is 2.73. The molecule has 0 aromatic carbocycles. The van der Waals surface area contributed by atoms with Crippen LogP contribution < -0.4 is 9.62 Å². The normalized spacial score (nSPS) is 11.4. The minimum Gasteiger partial charge on any atom is -0.360 e. The minimum atomic E-state index is -3.53. The summed E-state index contributed by atoms with van der Waals surface area (Å²) in [4.78, 5) is 12.5. The highest BCUT2D eigenvalue weighted by atomic mass is 32.2. The molecule has 0 spiro atoms. The number of anilines is 1. The maximum absolute atomic E-state index is 11.8. The van der Waals surface area contributed by atoms with Crippen LogP contribution in [0.4, 0.5) is 5.82 Å². The molecule has 8 heteroatoms. The lowest BCUT2D eigenvalue weighted by Crippen LogP contribution is -2.29. The molecule has 0 radical (unpaired) electrons. The number of aromatic nitrogens is 3. The van der Waals surface area contributed by atoms with E-state index in [-0.39, 0.29) is 5.16 Å². The number of imidazole rings is 1. The molecule has 108 valence electrons. The van der Waals surface area contributed by atoms with E-state index in [4.69, 9.17) is 0 Å². The lowest BCUT2D eigenvalue weighted by Gasteiger charge is -2.17. The van der Waals surface area contributed by atoms with Crippen molar-refractivity contribution in [3.63, 3.8) is 0 Å². The molecule has 7 nitrogen and oxygen atoms in total. The first-order valence-corrected chi connectivity index (χ1v) is 7.69. The number of hydrogen-bond acceptors (Lipinski definition) is 5. The van der Waals surface area contributed by atoms with Gasteiger partial charge in [0.2, 0.25) is 5.16 Å². The summed E-state index contributed by atoms with van der Waals surface area (Å²) in [5, 5.41) is -0.0596. The first-order chi connectivity index (χ1) is 9.59. The third kappa shape index (κ3) is 3.78. The van der Waals surface area contributed by atoms with Crippen molar-refractivity contribution in [3.05, 3.63) is 36.8 Å². The van der Waals surface area contributed by atoms with Crippen molar-refractivity contribution >= 4 is 15.8 Å². The van der Waals surface area contributed by atoms with Crippen LogP contribution in [0.15, 0.2) is 41.9 Å². The summed E-state index contributed by atoms with van der Waals surface area (Å²) < 4.78 is 26.1. The van der Waals surface area contributed by atoms with Gasteiger partial charge >= 0.3 is 0 Å². The molecule has 2 aromatic heterocycles. The summed E-state index contributed by atoms with van der Waals surface area (Å²) in [6.07, 6.45) is 5.28. The molecule has 0 atom stereocenters. The fourth-order valence-corrected chi connectivity index (χ4v) is 2.66. The summed E-state index contributed by atoms with van der Waals surface area (Å²) in [7, 11) is -1.61. The second-order valence-electron chi connectivity index (χ2n) is 4.26. The zero-order chi connectivity index (χ0) is 14.4. The van der Waals surface area contributed by atoms with Crippen molar-refractivity contribution in [3.8, 4) is 0 Å². The summed E-state index contributed by atoms with van der Waals surface area (Å²) in [6.45, 7) is 1.05. The van der Waals surface area contributed by atoms with Gasteiger partial charge in [0.05, 0.1) is 0 Å². The Bertz CT molecular complexity index is 613. The van der Waals surface area contributed by atoms with Crippen molar-refractivity contribution in [1.82, 2.24) is 19.7 Å². The molecule has 2 N–H and O–H groups in total. The molecule has 0 unspecified atom stereocenters. The standard InChI is InChI=1S/C12H17N5O2S/c1-17(11-5-2-3-6-13-11)10-4-7-16-20(18,19)12-14-8-9-15-12/h2-3,5-6,8-9,16H,4,7,10H2,1H3,(H,14,15). The molecule has 2 aromatic rings.